The highest BCUT2D eigenvalue weighted by molar-refractivity contribution is 5.86. The highest BCUT2D eigenvalue weighted by Gasteiger charge is 2.28. The number of nitrogens with zero attached hydrogens (tertiary/aromatic N) is 1. The first-order chi connectivity index (χ1) is 8.15. The van der Waals surface area contributed by atoms with Gasteiger partial charge in [-0.15, -0.1) is 0 Å². The fourth-order valence-electron chi connectivity index (χ4n) is 1.76. The Balaban J connectivity index is 2.13. The summed E-state index contributed by atoms with van der Waals surface area (Å²) < 4.78 is 4.88. The molecule has 1 aliphatic carbocycles. The highest BCUT2D eigenvalue weighted by atomic mass is 16.5. The van der Waals surface area contributed by atoms with E-state index in [2.05, 4.69) is 5.32 Å². The van der Waals surface area contributed by atoms with Crippen LogP contribution in [0.1, 0.15) is 25.7 Å². The van der Waals surface area contributed by atoms with E-state index in [-0.39, 0.29) is 24.3 Å². The van der Waals surface area contributed by atoms with Crippen molar-refractivity contribution in [3.63, 3.8) is 0 Å². The van der Waals surface area contributed by atoms with E-state index in [9.17, 15) is 9.59 Å². The third-order valence-electron chi connectivity index (χ3n) is 3.06. The summed E-state index contributed by atoms with van der Waals surface area (Å²) >= 11 is 0. The van der Waals surface area contributed by atoms with Crippen LogP contribution in [-0.4, -0.2) is 50.6 Å². The van der Waals surface area contributed by atoms with Gasteiger partial charge in [0.2, 0.25) is 11.8 Å². The minimum absolute atomic E-state index is 0.100. The van der Waals surface area contributed by atoms with Crippen molar-refractivity contribution in [1.82, 2.24) is 10.2 Å². The Morgan fingerprint density at radius 3 is 2.65 bits per heavy atom. The number of nitrogens with one attached hydrogen (secondary N) is 1. The normalized spacial score (nSPS) is 15.2. The van der Waals surface area contributed by atoms with Crippen molar-refractivity contribution in [2.75, 3.05) is 33.9 Å². The van der Waals surface area contributed by atoms with Crippen LogP contribution in [0.4, 0.5) is 0 Å². The van der Waals surface area contributed by atoms with E-state index in [0.29, 0.717) is 13.2 Å². The van der Waals surface area contributed by atoms with E-state index in [4.69, 9.17) is 4.74 Å². The zero-order valence-electron chi connectivity index (χ0n) is 10.7. The molecule has 0 aromatic heterocycles. The maximum atomic E-state index is 11.8. The molecule has 0 unspecified atom stereocenters. The van der Waals surface area contributed by atoms with Gasteiger partial charge in [0.15, 0.2) is 0 Å². The number of rotatable bonds is 7. The van der Waals surface area contributed by atoms with Crippen molar-refractivity contribution in [3.8, 4) is 0 Å². The Labute approximate surface area is 102 Å². The summed E-state index contributed by atoms with van der Waals surface area (Å²) in [5, 5.41) is 2.77. The molecule has 5 nitrogen and oxygen atoms in total. The van der Waals surface area contributed by atoms with Gasteiger partial charge in [-0.05, 0) is 19.3 Å². The van der Waals surface area contributed by atoms with Crippen molar-refractivity contribution in [1.29, 1.82) is 0 Å². The van der Waals surface area contributed by atoms with Crippen LogP contribution in [0.25, 0.3) is 0 Å². The molecule has 0 bridgehead atoms. The minimum Gasteiger partial charge on any atom is -0.385 e. The molecule has 0 aliphatic heterocycles. The molecule has 1 aliphatic rings. The molecule has 1 rings (SSSR count). The quantitative estimate of drug-likeness (QED) is 0.657. The number of amides is 2. The fourth-order valence-corrected chi connectivity index (χ4v) is 1.76. The van der Waals surface area contributed by atoms with Gasteiger partial charge in [0, 0.05) is 33.2 Å². The van der Waals surface area contributed by atoms with E-state index >= 15 is 0 Å². The second-order valence-corrected chi connectivity index (χ2v) is 4.52. The van der Waals surface area contributed by atoms with Crippen molar-refractivity contribution >= 4 is 11.8 Å². The topological polar surface area (TPSA) is 58.6 Å². The molecule has 1 saturated carbocycles. The van der Waals surface area contributed by atoms with Crippen molar-refractivity contribution in [2.45, 2.75) is 25.7 Å². The standard InChI is InChI=1S/C12H22N2O3/c1-14(12(16)10-5-3-6-10)9-11(15)13-7-4-8-17-2/h10H,3-9H2,1-2H3,(H,13,15). The Morgan fingerprint density at radius 2 is 2.12 bits per heavy atom. The predicted octanol–water partition coefficient (Wildman–Crippen LogP) is 0.398. The van der Waals surface area contributed by atoms with Crippen LogP contribution in [0.3, 0.4) is 0 Å². The van der Waals surface area contributed by atoms with Gasteiger partial charge < -0.3 is 15.0 Å². The maximum Gasteiger partial charge on any atom is 0.239 e. The second-order valence-electron chi connectivity index (χ2n) is 4.52. The number of hydrogen-bond donors (Lipinski definition) is 1. The Hall–Kier alpha value is -1.10. The largest absolute Gasteiger partial charge is 0.385 e. The molecule has 0 saturated heterocycles. The van der Waals surface area contributed by atoms with Crippen molar-refractivity contribution < 1.29 is 14.3 Å². The van der Waals surface area contributed by atoms with E-state index in [1.807, 2.05) is 0 Å². The lowest BCUT2D eigenvalue weighted by Gasteiger charge is -2.28. The summed E-state index contributed by atoms with van der Waals surface area (Å²) in [4.78, 5) is 24.8. The van der Waals surface area contributed by atoms with Gasteiger partial charge in [0.25, 0.3) is 0 Å². The molecule has 0 aromatic carbocycles. The number of carbonyl (C=O) groups is 2. The molecule has 0 atom stereocenters. The van der Waals surface area contributed by atoms with Gasteiger partial charge >= 0.3 is 0 Å². The molecule has 17 heavy (non-hydrogen) atoms. The van der Waals surface area contributed by atoms with E-state index in [1.165, 1.54) is 4.90 Å². The number of carbonyl (C=O) groups excluding carboxylic acids is 2. The third-order valence-corrected chi connectivity index (χ3v) is 3.06. The SMILES string of the molecule is COCCCNC(=O)CN(C)C(=O)C1CCC1. The van der Waals surface area contributed by atoms with Gasteiger partial charge in [-0.25, -0.2) is 0 Å². The zero-order valence-corrected chi connectivity index (χ0v) is 10.7. The Bertz CT molecular complexity index is 264. The Morgan fingerprint density at radius 1 is 1.41 bits per heavy atom. The zero-order chi connectivity index (χ0) is 12.7. The molecular formula is C12H22N2O3. The first-order valence-corrected chi connectivity index (χ1v) is 6.15. The van der Waals surface area contributed by atoms with Gasteiger partial charge in [-0.1, -0.05) is 6.42 Å². The van der Waals surface area contributed by atoms with Crippen LogP contribution in [0.5, 0.6) is 0 Å². The molecule has 0 radical (unpaired) electrons. The molecule has 1 N–H and O–H groups in total. The van der Waals surface area contributed by atoms with E-state index < -0.39 is 0 Å². The van der Waals surface area contributed by atoms with E-state index in [1.54, 1.807) is 14.2 Å². The smallest absolute Gasteiger partial charge is 0.239 e. The first-order valence-electron chi connectivity index (χ1n) is 6.15. The molecular weight excluding hydrogens is 220 g/mol. The van der Waals surface area contributed by atoms with Crippen LogP contribution in [0.15, 0.2) is 0 Å². The lowest BCUT2D eigenvalue weighted by molar-refractivity contribution is -0.140. The third kappa shape index (κ3) is 4.73. The molecule has 0 spiro atoms. The van der Waals surface area contributed by atoms with E-state index in [0.717, 1.165) is 25.7 Å². The molecule has 2 amide bonds. The average molecular weight is 242 g/mol. The van der Waals surface area contributed by atoms with Gasteiger partial charge in [-0.2, -0.15) is 0 Å². The van der Waals surface area contributed by atoms with Crippen LogP contribution < -0.4 is 5.32 Å². The average Bonchev–Trinajstić information content (AvgIpc) is 2.22. The second kappa shape index (κ2) is 7.27. The summed E-state index contributed by atoms with van der Waals surface area (Å²) in [5.74, 6) is 0.154. The number of likely N-dealkylation sites (N-methyl/N-ethyl adjacent to an activating group) is 1. The Kier molecular flexibility index (Phi) is 5.97. The highest BCUT2D eigenvalue weighted by Crippen LogP contribution is 2.27. The minimum atomic E-state index is -0.101. The summed E-state index contributed by atoms with van der Waals surface area (Å²) in [7, 11) is 3.32. The summed E-state index contributed by atoms with van der Waals surface area (Å²) in [5.41, 5.74) is 0. The number of hydrogen-bond acceptors (Lipinski definition) is 3. The number of ether oxygens (including phenoxy) is 1. The lowest BCUT2D eigenvalue weighted by Crippen LogP contribution is -2.42. The fraction of sp³-hybridized carbons (Fsp3) is 0.833. The summed E-state index contributed by atoms with van der Waals surface area (Å²) in [6.07, 6.45) is 3.87. The predicted molar refractivity (Wildman–Crippen MR) is 64.5 cm³/mol. The van der Waals surface area contributed by atoms with Crippen molar-refractivity contribution in [2.24, 2.45) is 5.92 Å². The monoisotopic (exact) mass is 242 g/mol. The summed E-state index contributed by atoms with van der Waals surface area (Å²) in [6.45, 7) is 1.39. The molecule has 0 heterocycles. The molecule has 1 fully saturated rings. The van der Waals surface area contributed by atoms with Crippen LogP contribution in [0, 0.1) is 5.92 Å². The molecule has 5 heteroatoms. The van der Waals surface area contributed by atoms with Crippen LogP contribution in [-0.2, 0) is 14.3 Å². The van der Waals surface area contributed by atoms with Gasteiger partial charge in [0.1, 0.15) is 0 Å². The van der Waals surface area contributed by atoms with Crippen molar-refractivity contribution in [3.05, 3.63) is 0 Å². The molecule has 0 aromatic rings. The summed E-state index contributed by atoms with van der Waals surface area (Å²) in [6, 6.07) is 0. The van der Waals surface area contributed by atoms with Crippen LogP contribution >= 0.6 is 0 Å². The van der Waals surface area contributed by atoms with Crippen LogP contribution in [0.2, 0.25) is 0 Å². The van der Waals surface area contributed by atoms with Gasteiger partial charge in [-0.3, -0.25) is 9.59 Å². The first kappa shape index (κ1) is 14.0. The number of methoxy groups -OCH3 is 1. The molecule has 98 valence electrons. The lowest BCUT2D eigenvalue weighted by atomic mass is 9.84. The van der Waals surface area contributed by atoms with Gasteiger partial charge in [0.05, 0.1) is 6.54 Å². The maximum absolute atomic E-state index is 11.8.